The summed E-state index contributed by atoms with van der Waals surface area (Å²) in [7, 11) is 1.51. The van der Waals surface area contributed by atoms with Crippen molar-refractivity contribution in [3.8, 4) is 17.2 Å². The maximum atomic E-state index is 12.2. The molecule has 0 spiro atoms. The standard InChI is InChI=1S/C20H23NO6/c1-4-25-17-11-7-8-12-18(17)26-13-19(22)27-14(2)20(23)21-15-9-5-6-10-16(15)24-3/h5-12,14H,4,13H2,1-3H3,(H,21,23)/t14-/m1/s1. The smallest absolute Gasteiger partial charge is 0.344 e. The first-order valence-corrected chi connectivity index (χ1v) is 8.53. The predicted octanol–water partition coefficient (Wildman–Crippen LogP) is 3.04. The molecule has 0 aliphatic rings. The number of ether oxygens (including phenoxy) is 4. The summed E-state index contributed by atoms with van der Waals surface area (Å²) in [6.07, 6.45) is -0.992. The number of esters is 1. The Morgan fingerprint density at radius 2 is 1.56 bits per heavy atom. The minimum Gasteiger partial charge on any atom is -0.495 e. The lowest BCUT2D eigenvalue weighted by molar-refractivity contribution is -0.155. The third-order valence-corrected chi connectivity index (χ3v) is 3.54. The molecular weight excluding hydrogens is 350 g/mol. The number of carbonyl (C=O) groups excluding carboxylic acids is 2. The van der Waals surface area contributed by atoms with Crippen molar-refractivity contribution in [2.75, 3.05) is 25.6 Å². The molecule has 0 bridgehead atoms. The van der Waals surface area contributed by atoms with Crippen LogP contribution in [-0.2, 0) is 14.3 Å². The van der Waals surface area contributed by atoms with Crippen LogP contribution in [0, 0.1) is 0 Å². The summed E-state index contributed by atoms with van der Waals surface area (Å²) in [6, 6.07) is 14.0. The minimum atomic E-state index is -0.992. The van der Waals surface area contributed by atoms with Gasteiger partial charge in [-0.1, -0.05) is 24.3 Å². The third kappa shape index (κ3) is 5.91. The number of carbonyl (C=O) groups is 2. The maximum Gasteiger partial charge on any atom is 0.344 e. The zero-order valence-electron chi connectivity index (χ0n) is 15.6. The molecule has 0 unspecified atom stereocenters. The molecule has 2 aromatic carbocycles. The van der Waals surface area contributed by atoms with E-state index in [9.17, 15) is 9.59 Å². The molecule has 7 heteroatoms. The van der Waals surface area contributed by atoms with Gasteiger partial charge in [0.25, 0.3) is 5.91 Å². The molecular formula is C20H23NO6. The van der Waals surface area contributed by atoms with Crippen LogP contribution in [0.1, 0.15) is 13.8 Å². The van der Waals surface area contributed by atoms with Crippen LogP contribution in [0.5, 0.6) is 17.2 Å². The molecule has 7 nitrogen and oxygen atoms in total. The highest BCUT2D eigenvalue weighted by Gasteiger charge is 2.19. The van der Waals surface area contributed by atoms with Crippen LogP contribution in [0.15, 0.2) is 48.5 Å². The zero-order valence-corrected chi connectivity index (χ0v) is 15.6. The number of rotatable bonds is 9. The first kappa shape index (κ1) is 20.1. The van der Waals surface area contributed by atoms with Crippen LogP contribution in [-0.4, -0.2) is 38.3 Å². The van der Waals surface area contributed by atoms with Crippen LogP contribution in [0.25, 0.3) is 0 Å². The van der Waals surface area contributed by atoms with Gasteiger partial charge in [0.2, 0.25) is 0 Å². The molecule has 0 saturated heterocycles. The zero-order chi connectivity index (χ0) is 19.6. The molecule has 1 atom stereocenters. The lowest BCUT2D eigenvalue weighted by atomic mass is 10.2. The highest BCUT2D eigenvalue weighted by molar-refractivity contribution is 5.96. The van der Waals surface area contributed by atoms with E-state index in [0.717, 1.165) is 0 Å². The first-order chi connectivity index (χ1) is 13.0. The second-order valence-corrected chi connectivity index (χ2v) is 5.49. The van der Waals surface area contributed by atoms with Crippen molar-refractivity contribution in [1.29, 1.82) is 0 Å². The Morgan fingerprint density at radius 1 is 0.963 bits per heavy atom. The molecule has 0 radical (unpaired) electrons. The van der Waals surface area contributed by atoms with E-state index in [1.54, 1.807) is 48.5 Å². The molecule has 1 N–H and O–H groups in total. The summed E-state index contributed by atoms with van der Waals surface area (Å²) in [5.74, 6) is 0.351. The van der Waals surface area contributed by atoms with E-state index in [2.05, 4.69) is 5.32 Å². The van der Waals surface area contributed by atoms with E-state index in [4.69, 9.17) is 18.9 Å². The highest BCUT2D eigenvalue weighted by atomic mass is 16.6. The summed E-state index contributed by atoms with van der Waals surface area (Å²) in [5, 5.41) is 2.66. The van der Waals surface area contributed by atoms with Crippen LogP contribution in [0.3, 0.4) is 0 Å². The van der Waals surface area contributed by atoms with E-state index in [0.29, 0.717) is 29.5 Å². The molecule has 0 aliphatic carbocycles. The van der Waals surface area contributed by atoms with Crippen molar-refractivity contribution in [2.45, 2.75) is 20.0 Å². The molecule has 0 saturated carbocycles. The number of para-hydroxylation sites is 4. The third-order valence-electron chi connectivity index (χ3n) is 3.54. The van der Waals surface area contributed by atoms with Crippen LogP contribution >= 0.6 is 0 Å². The molecule has 2 aromatic rings. The van der Waals surface area contributed by atoms with Gasteiger partial charge in [-0.3, -0.25) is 4.79 Å². The van der Waals surface area contributed by atoms with Gasteiger partial charge < -0.3 is 24.3 Å². The van der Waals surface area contributed by atoms with Crippen molar-refractivity contribution >= 4 is 17.6 Å². The van der Waals surface area contributed by atoms with Gasteiger partial charge in [0.15, 0.2) is 24.2 Å². The lowest BCUT2D eigenvalue weighted by Crippen LogP contribution is -2.31. The maximum absolute atomic E-state index is 12.2. The van der Waals surface area contributed by atoms with E-state index in [1.807, 2.05) is 6.92 Å². The van der Waals surface area contributed by atoms with Crippen molar-refractivity contribution < 1.29 is 28.5 Å². The summed E-state index contributed by atoms with van der Waals surface area (Å²) < 4.78 is 21.2. The number of nitrogens with one attached hydrogen (secondary N) is 1. The van der Waals surface area contributed by atoms with E-state index < -0.39 is 18.0 Å². The monoisotopic (exact) mass is 373 g/mol. The van der Waals surface area contributed by atoms with E-state index in [1.165, 1.54) is 14.0 Å². The summed E-state index contributed by atoms with van der Waals surface area (Å²) >= 11 is 0. The van der Waals surface area contributed by atoms with Crippen molar-refractivity contribution in [3.05, 3.63) is 48.5 Å². The van der Waals surface area contributed by atoms with Gasteiger partial charge in [0, 0.05) is 0 Å². The summed E-state index contributed by atoms with van der Waals surface area (Å²) in [5.41, 5.74) is 0.495. The Labute approximate surface area is 158 Å². The highest BCUT2D eigenvalue weighted by Crippen LogP contribution is 2.26. The van der Waals surface area contributed by atoms with Crippen molar-refractivity contribution in [3.63, 3.8) is 0 Å². The average Bonchev–Trinajstić information content (AvgIpc) is 2.68. The molecule has 0 heterocycles. The second-order valence-electron chi connectivity index (χ2n) is 5.49. The molecule has 27 heavy (non-hydrogen) atoms. The van der Waals surface area contributed by atoms with Gasteiger partial charge in [0.05, 0.1) is 19.4 Å². The molecule has 0 fully saturated rings. The fourth-order valence-electron chi connectivity index (χ4n) is 2.25. The van der Waals surface area contributed by atoms with Gasteiger partial charge in [-0.2, -0.15) is 0 Å². The minimum absolute atomic E-state index is 0.337. The van der Waals surface area contributed by atoms with Crippen molar-refractivity contribution in [1.82, 2.24) is 0 Å². The molecule has 2 rings (SSSR count). The van der Waals surface area contributed by atoms with Gasteiger partial charge in [-0.05, 0) is 38.1 Å². The number of hydrogen-bond acceptors (Lipinski definition) is 6. The van der Waals surface area contributed by atoms with Gasteiger partial charge >= 0.3 is 5.97 Å². The fourth-order valence-corrected chi connectivity index (χ4v) is 2.25. The fraction of sp³-hybridized carbons (Fsp3) is 0.300. The summed E-state index contributed by atoms with van der Waals surface area (Å²) in [4.78, 5) is 24.2. The van der Waals surface area contributed by atoms with Crippen molar-refractivity contribution in [2.24, 2.45) is 0 Å². The Bertz CT molecular complexity index is 777. The quantitative estimate of drug-likeness (QED) is 0.680. The normalized spacial score (nSPS) is 11.2. The van der Waals surface area contributed by atoms with E-state index >= 15 is 0 Å². The Hall–Kier alpha value is -3.22. The number of methoxy groups -OCH3 is 1. The largest absolute Gasteiger partial charge is 0.495 e. The Balaban J connectivity index is 1.87. The van der Waals surface area contributed by atoms with Crippen LogP contribution in [0.4, 0.5) is 5.69 Å². The lowest BCUT2D eigenvalue weighted by Gasteiger charge is -2.16. The van der Waals surface area contributed by atoms with Gasteiger partial charge in [-0.15, -0.1) is 0 Å². The van der Waals surface area contributed by atoms with Gasteiger partial charge in [0.1, 0.15) is 5.75 Å². The van der Waals surface area contributed by atoms with Crippen LogP contribution < -0.4 is 19.5 Å². The Kier molecular flexibility index (Phi) is 7.49. The SMILES string of the molecule is CCOc1ccccc1OCC(=O)O[C@H](C)C(=O)Nc1ccccc1OC. The first-order valence-electron chi connectivity index (χ1n) is 8.53. The number of benzene rings is 2. The number of hydrogen-bond donors (Lipinski definition) is 1. The number of anilines is 1. The average molecular weight is 373 g/mol. The molecule has 0 aromatic heterocycles. The second kappa shape index (κ2) is 10.1. The van der Waals surface area contributed by atoms with Crippen LogP contribution in [0.2, 0.25) is 0 Å². The predicted molar refractivity (Wildman–Crippen MR) is 100 cm³/mol. The van der Waals surface area contributed by atoms with E-state index in [-0.39, 0.29) is 6.61 Å². The summed E-state index contributed by atoms with van der Waals surface area (Å²) in [6.45, 7) is 3.48. The molecule has 144 valence electrons. The number of amides is 1. The topological polar surface area (TPSA) is 83.1 Å². The molecule has 0 aliphatic heterocycles. The van der Waals surface area contributed by atoms with Gasteiger partial charge in [-0.25, -0.2) is 4.79 Å². The Morgan fingerprint density at radius 3 is 2.19 bits per heavy atom. The molecule has 1 amide bonds.